The number of esters is 2. The Hall–Kier alpha value is -2.03. The van der Waals surface area contributed by atoms with Crippen molar-refractivity contribution in [2.45, 2.75) is 225 Å². The van der Waals surface area contributed by atoms with E-state index in [9.17, 15) is 19.0 Å². The fourth-order valence-electron chi connectivity index (χ4n) is 6.62. The molecule has 9 nitrogen and oxygen atoms in total. The van der Waals surface area contributed by atoms with Crippen molar-refractivity contribution in [3.63, 3.8) is 0 Å². The Balaban J connectivity index is 4.14. The monoisotopic (exact) mass is 852 g/mol. The van der Waals surface area contributed by atoms with Gasteiger partial charge in [0.2, 0.25) is 0 Å². The van der Waals surface area contributed by atoms with Gasteiger partial charge in [0.15, 0.2) is 6.10 Å². The molecule has 0 aromatic rings. The van der Waals surface area contributed by atoms with E-state index in [0.717, 1.165) is 57.8 Å². The second-order valence-electron chi connectivity index (χ2n) is 16.0. The van der Waals surface area contributed by atoms with Crippen LogP contribution in [-0.2, 0) is 32.7 Å². The van der Waals surface area contributed by atoms with Gasteiger partial charge in [-0.1, -0.05) is 197 Å². The minimum atomic E-state index is -4.39. The lowest BCUT2D eigenvalue weighted by Crippen LogP contribution is -2.29. The van der Waals surface area contributed by atoms with Gasteiger partial charge < -0.3 is 20.1 Å². The topological polar surface area (TPSA) is 134 Å². The fraction of sp³-hybridized carbons (Fsp3) is 0.796. The van der Waals surface area contributed by atoms with Gasteiger partial charge in [0.25, 0.3) is 0 Å². The second kappa shape index (κ2) is 45.5. The van der Waals surface area contributed by atoms with Crippen molar-refractivity contribution >= 4 is 19.8 Å². The summed E-state index contributed by atoms with van der Waals surface area (Å²) in [4.78, 5) is 35.0. The number of phosphoric acid groups is 1. The van der Waals surface area contributed by atoms with Crippen molar-refractivity contribution in [2.24, 2.45) is 5.73 Å². The lowest BCUT2D eigenvalue weighted by molar-refractivity contribution is -0.161. The maximum atomic E-state index is 12.6. The highest BCUT2D eigenvalue weighted by molar-refractivity contribution is 7.47. The molecule has 0 aliphatic carbocycles. The quantitative estimate of drug-likeness (QED) is 0.0266. The highest BCUT2D eigenvalue weighted by atomic mass is 31.2. The Morgan fingerprint density at radius 3 is 1.34 bits per heavy atom. The molecule has 0 heterocycles. The Morgan fingerprint density at radius 2 is 0.881 bits per heavy atom. The molecule has 2 atom stereocenters. The zero-order valence-corrected chi connectivity index (χ0v) is 38.9. The third-order valence-electron chi connectivity index (χ3n) is 10.2. The molecule has 3 N–H and O–H groups in total. The molecule has 344 valence electrons. The minimum Gasteiger partial charge on any atom is -0.462 e. The van der Waals surface area contributed by atoms with Gasteiger partial charge in [-0.2, -0.15) is 0 Å². The number of hydrogen-bond acceptors (Lipinski definition) is 8. The van der Waals surface area contributed by atoms with Crippen LogP contribution in [-0.4, -0.2) is 49.3 Å². The molecule has 0 fully saturated rings. The maximum Gasteiger partial charge on any atom is 0.472 e. The molecule has 0 spiro atoms. The van der Waals surface area contributed by atoms with E-state index < -0.39 is 26.5 Å². The number of allylic oxidation sites excluding steroid dienone is 8. The van der Waals surface area contributed by atoms with E-state index in [-0.39, 0.29) is 38.6 Å². The van der Waals surface area contributed by atoms with Crippen molar-refractivity contribution in [3.8, 4) is 0 Å². The second-order valence-corrected chi connectivity index (χ2v) is 17.4. The van der Waals surface area contributed by atoms with Crippen molar-refractivity contribution in [2.75, 3.05) is 26.4 Å². The van der Waals surface area contributed by atoms with Crippen LogP contribution in [0.25, 0.3) is 0 Å². The summed E-state index contributed by atoms with van der Waals surface area (Å²) in [5, 5.41) is 0. The van der Waals surface area contributed by atoms with Gasteiger partial charge in [0.05, 0.1) is 13.2 Å². The Labute approximate surface area is 362 Å². The number of carbonyl (C=O) groups excluding carboxylic acids is 2. The Bertz CT molecular complexity index is 1110. The molecule has 10 heteroatoms. The van der Waals surface area contributed by atoms with Crippen LogP contribution in [0.2, 0.25) is 0 Å². The molecule has 0 aromatic heterocycles. The molecule has 0 radical (unpaired) electrons. The van der Waals surface area contributed by atoms with E-state index in [1.54, 1.807) is 0 Å². The van der Waals surface area contributed by atoms with Crippen LogP contribution in [0.1, 0.15) is 219 Å². The van der Waals surface area contributed by atoms with E-state index in [0.29, 0.717) is 6.42 Å². The van der Waals surface area contributed by atoms with Crippen molar-refractivity contribution in [3.05, 3.63) is 48.6 Å². The molecule has 0 rings (SSSR count). The van der Waals surface area contributed by atoms with Crippen molar-refractivity contribution in [1.29, 1.82) is 0 Å². The Morgan fingerprint density at radius 1 is 0.508 bits per heavy atom. The summed E-state index contributed by atoms with van der Waals surface area (Å²) in [5.41, 5.74) is 5.36. The van der Waals surface area contributed by atoms with Crippen molar-refractivity contribution < 1.29 is 37.6 Å². The number of nitrogens with two attached hydrogens (primary N) is 1. The maximum absolute atomic E-state index is 12.6. The van der Waals surface area contributed by atoms with E-state index >= 15 is 0 Å². The van der Waals surface area contributed by atoms with Gasteiger partial charge in [0.1, 0.15) is 6.61 Å². The van der Waals surface area contributed by atoms with E-state index in [4.69, 9.17) is 24.3 Å². The summed E-state index contributed by atoms with van der Waals surface area (Å²) < 4.78 is 32.8. The van der Waals surface area contributed by atoms with Gasteiger partial charge in [-0.3, -0.25) is 18.6 Å². The number of ether oxygens (including phenoxy) is 2. The highest BCUT2D eigenvalue weighted by Gasteiger charge is 2.26. The SMILES string of the molecule is CCCCCC=CCC=CCC=CCC=CCCCCCC(=O)OC(COC(=O)CCCCCCCCCCCCCCCCCCCCC)COP(=O)(O)OCCN. The summed E-state index contributed by atoms with van der Waals surface area (Å²) in [6.07, 6.45) is 52.9. The minimum absolute atomic E-state index is 0.0474. The third kappa shape index (κ3) is 45.3. The first kappa shape index (κ1) is 57.0. The molecular weight excluding hydrogens is 762 g/mol. The lowest BCUT2D eigenvalue weighted by Gasteiger charge is -2.19. The van der Waals surface area contributed by atoms with Crippen LogP contribution in [0.15, 0.2) is 48.6 Å². The number of unbranched alkanes of at least 4 members (excludes halogenated alkanes) is 24. The zero-order valence-electron chi connectivity index (χ0n) is 38.0. The first-order valence-electron chi connectivity index (χ1n) is 24.1. The Kier molecular flexibility index (Phi) is 43.9. The molecule has 0 aromatic carbocycles. The van der Waals surface area contributed by atoms with Crippen LogP contribution in [0.3, 0.4) is 0 Å². The first-order valence-corrected chi connectivity index (χ1v) is 25.6. The number of hydrogen-bond donors (Lipinski definition) is 2. The van der Waals surface area contributed by atoms with E-state index in [1.165, 1.54) is 128 Å². The van der Waals surface area contributed by atoms with Gasteiger partial charge in [0, 0.05) is 19.4 Å². The predicted octanol–water partition coefficient (Wildman–Crippen LogP) is 14.3. The normalized spacial score (nSPS) is 13.6. The summed E-state index contributed by atoms with van der Waals surface area (Å²) in [5.74, 6) is -0.858. The van der Waals surface area contributed by atoms with Gasteiger partial charge in [-0.05, 0) is 57.8 Å². The molecule has 0 aliphatic heterocycles. The molecule has 0 bridgehead atoms. The molecule has 2 unspecified atom stereocenters. The number of carbonyl (C=O) groups is 2. The summed E-state index contributed by atoms with van der Waals surface area (Å²) in [6.45, 7) is 3.69. The molecule has 0 saturated carbocycles. The zero-order chi connectivity index (χ0) is 43.2. The molecule has 59 heavy (non-hydrogen) atoms. The van der Waals surface area contributed by atoms with E-state index in [2.05, 4.69) is 62.5 Å². The smallest absolute Gasteiger partial charge is 0.462 e. The largest absolute Gasteiger partial charge is 0.472 e. The fourth-order valence-corrected chi connectivity index (χ4v) is 7.38. The van der Waals surface area contributed by atoms with Gasteiger partial charge in [-0.25, -0.2) is 4.57 Å². The average Bonchev–Trinajstić information content (AvgIpc) is 3.22. The van der Waals surface area contributed by atoms with Gasteiger partial charge in [-0.15, -0.1) is 0 Å². The molecule has 0 aliphatic rings. The van der Waals surface area contributed by atoms with Crippen LogP contribution in [0.4, 0.5) is 0 Å². The standard InChI is InChI=1S/C49H90NO8P/c1-3-5-7-9-11-13-15-17-19-21-23-25-27-29-31-33-35-37-39-41-48(51)55-45-47(46-57-59(53,54)56-44-43-50)58-49(52)42-40-38-36-34-32-30-28-26-24-22-20-18-16-14-12-10-8-6-4-2/h12,14,18,20,24,26,30,32,47H,3-11,13,15-17,19,21-23,25,27-29,31,33-46,50H2,1-2H3,(H,53,54). The molecular formula is C49H90NO8P. The number of rotatable bonds is 45. The highest BCUT2D eigenvalue weighted by Crippen LogP contribution is 2.43. The molecule has 0 saturated heterocycles. The van der Waals surface area contributed by atoms with Crippen LogP contribution in [0.5, 0.6) is 0 Å². The number of phosphoric ester groups is 1. The first-order chi connectivity index (χ1) is 28.8. The van der Waals surface area contributed by atoms with Crippen molar-refractivity contribution in [1.82, 2.24) is 0 Å². The molecule has 0 amide bonds. The summed E-state index contributed by atoms with van der Waals surface area (Å²) >= 11 is 0. The average molecular weight is 852 g/mol. The predicted molar refractivity (Wildman–Crippen MR) is 247 cm³/mol. The van der Waals surface area contributed by atoms with Crippen LogP contribution < -0.4 is 5.73 Å². The van der Waals surface area contributed by atoms with Crippen LogP contribution in [0, 0.1) is 0 Å². The lowest BCUT2D eigenvalue weighted by atomic mass is 10.0. The summed E-state index contributed by atoms with van der Waals surface area (Å²) in [7, 11) is -4.39. The summed E-state index contributed by atoms with van der Waals surface area (Å²) in [6, 6.07) is 0. The van der Waals surface area contributed by atoms with E-state index in [1.807, 2.05) is 0 Å². The van der Waals surface area contributed by atoms with Gasteiger partial charge >= 0.3 is 19.8 Å². The van der Waals surface area contributed by atoms with Crippen LogP contribution >= 0.6 is 7.82 Å². The third-order valence-corrected chi connectivity index (χ3v) is 11.2.